The summed E-state index contributed by atoms with van der Waals surface area (Å²) in [5.41, 5.74) is 1.08. The predicted molar refractivity (Wildman–Crippen MR) is 75.8 cm³/mol. The summed E-state index contributed by atoms with van der Waals surface area (Å²) in [5.74, 6) is -1.91. The monoisotopic (exact) mass is 310 g/mol. The third-order valence-corrected chi connectivity index (χ3v) is 4.64. The maximum absolute atomic E-state index is 13.5. The van der Waals surface area contributed by atoms with E-state index in [1.54, 1.807) is 6.07 Å². The standard InChI is InChI=1S/C14H12F2N2O2S/c15-11-2-1-3-12(16)14(11)18-21(19,20)10-4-5-13-9(8-10)6-7-17-13/h1-5,8,17-18H,6-7H2. The molecule has 7 heteroatoms. The minimum atomic E-state index is -4.04. The molecule has 0 radical (unpaired) electrons. The number of hydrogen-bond acceptors (Lipinski definition) is 3. The molecule has 0 unspecified atom stereocenters. The van der Waals surface area contributed by atoms with Gasteiger partial charge in [0.2, 0.25) is 0 Å². The molecule has 0 bridgehead atoms. The molecule has 2 N–H and O–H groups in total. The van der Waals surface area contributed by atoms with Gasteiger partial charge < -0.3 is 5.32 Å². The highest BCUT2D eigenvalue weighted by Crippen LogP contribution is 2.27. The average Bonchev–Trinajstić information content (AvgIpc) is 2.90. The quantitative estimate of drug-likeness (QED) is 0.916. The Morgan fingerprint density at radius 3 is 2.52 bits per heavy atom. The van der Waals surface area contributed by atoms with Gasteiger partial charge in [0.15, 0.2) is 0 Å². The SMILES string of the molecule is O=S(=O)(Nc1c(F)cccc1F)c1ccc2c(c1)CCN2. The Hall–Kier alpha value is -2.15. The molecule has 2 aromatic rings. The second-order valence-electron chi connectivity index (χ2n) is 4.70. The number of nitrogens with one attached hydrogen (secondary N) is 2. The van der Waals surface area contributed by atoms with Gasteiger partial charge in [-0.25, -0.2) is 17.2 Å². The number of sulfonamides is 1. The molecule has 0 saturated heterocycles. The lowest BCUT2D eigenvalue weighted by Gasteiger charge is -2.10. The van der Waals surface area contributed by atoms with Crippen molar-refractivity contribution in [2.45, 2.75) is 11.3 Å². The van der Waals surface area contributed by atoms with Crippen molar-refractivity contribution >= 4 is 21.4 Å². The number of fused-ring (bicyclic) bond motifs is 1. The molecule has 0 amide bonds. The number of rotatable bonds is 3. The first-order chi connectivity index (χ1) is 9.97. The van der Waals surface area contributed by atoms with Crippen LogP contribution in [0, 0.1) is 11.6 Å². The van der Waals surface area contributed by atoms with Crippen molar-refractivity contribution in [1.29, 1.82) is 0 Å². The highest BCUT2D eigenvalue weighted by molar-refractivity contribution is 7.92. The Bertz CT molecular complexity index is 786. The predicted octanol–water partition coefficient (Wildman–Crippen LogP) is 2.73. The second-order valence-corrected chi connectivity index (χ2v) is 6.38. The van der Waals surface area contributed by atoms with Gasteiger partial charge in [0, 0.05) is 12.2 Å². The molecule has 0 spiro atoms. The molecule has 2 aromatic carbocycles. The van der Waals surface area contributed by atoms with Crippen LogP contribution in [0.3, 0.4) is 0 Å². The molecular formula is C14H12F2N2O2S. The van der Waals surface area contributed by atoms with Crippen molar-refractivity contribution in [3.8, 4) is 0 Å². The van der Waals surface area contributed by atoms with Crippen molar-refractivity contribution in [1.82, 2.24) is 0 Å². The van der Waals surface area contributed by atoms with E-state index in [1.807, 2.05) is 4.72 Å². The first-order valence-corrected chi connectivity index (χ1v) is 7.79. The van der Waals surface area contributed by atoms with E-state index in [-0.39, 0.29) is 4.90 Å². The van der Waals surface area contributed by atoms with Crippen LogP contribution in [-0.2, 0) is 16.4 Å². The molecule has 0 aromatic heterocycles. The Kier molecular flexibility index (Phi) is 3.29. The number of halogens is 2. The lowest BCUT2D eigenvalue weighted by molar-refractivity contribution is 0.583. The number of benzene rings is 2. The summed E-state index contributed by atoms with van der Waals surface area (Å²) in [6, 6.07) is 7.72. The fourth-order valence-corrected chi connectivity index (χ4v) is 3.36. The Morgan fingerprint density at radius 1 is 1.10 bits per heavy atom. The van der Waals surface area contributed by atoms with Gasteiger partial charge in [-0.1, -0.05) is 6.07 Å². The van der Waals surface area contributed by atoms with Crippen LogP contribution in [-0.4, -0.2) is 15.0 Å². The van der Waals surface area contributed by atoms with Crippen LogP contribution in [0.4, 0.5) is 20.2 Å². The van der Waals surface area contributed by atoms with E-state index in [2.05, 4.69) is 5.32 Å². The third kappa shape index (κ3) is 2.56. The fraction of sp³-hybridized carbons (Fsp3) is 0.143. The van der Waals surface area contributed by atoms with Crippen LogP contribution in [0.15, 0.2) is 41.3 Å². The third-order valence-electron chi connectivity index (χ3n) is 3.30. The largest absolute Gasteiger partial charge is 0.384 e. The van der Waals surface area contributed by atoms with Gasteiger partial charge in [0.05, 0.1) is 4.90 Å². The summed E-state index contributed by atoms with van der Waals surface area (Å²) in [6.07, 6.45) is 0.715. The molecule has 0 saturated carbocycles. The van der Waals surface area contributed by atoms with Crippen LogP contribution in [0.25, 0.3) is 0 Å². The van der Waals surface area contributed by atoms with Crippen molar-refractivity contribution < 1.29 is 17.2 Å². The zero-order valence-corrected chi connectivity index (χ0v) is 11.7. The lowest BCUT2D eigenvalue weighted by atomic mass is 10.2. The highest BCUT2D eigenvalue weighted by Gasteiger charge is 2.21. The summed E-state index contributed by atoms with van der Waals surface area (Å²) in [5, 5.41) is 3.11. The van der Waals surface area contributed by atoms with Gasteiger partial charge >= 0.3 is 0 Å². The molecule has 3 rings (SSSR count). The van der Waals surface area contributed by atoms with E-state index in [0.29, 0.717) is 6.42 Å². The zero-order chi connectivity index (χ0) is 15.0. The average molecular weight is 310 g/mol. The van der Waals surface area contributed by atoms with Crippen molar-refractivity contribution in [3.63, 3.8) is 0 Å². The molecule has 1 aliphatic rings. The molecule has 21 heavy (non-hydrogen) atoms. The van der Waals surface area contributed by atoms with Crippen LogP contribution in [0.2, 0.25) is 0 Å². The van der Waals surface area contributed by atoms with Crippen LogP contribution in [0.1, 0.15) is 5.56 Å². The molecule has 0 fully saturated rings. The first-order valence-electron chi connectivity index (χ1n) is 6.31. The lowest BCUT2D eigenvalue weighted by Crippen LogP contribution is -2.15. The summed E-state index contributed by atoms with van der Waals surface area (Å²) in [6.45, 7) is 0.744. The Morgan fingerprint density at radius 2 is 1.81 bits per heavy atom. The minimum Gasteiger partial charge on any atom is -0.384 e. The van der Waals surface area contributed by atoms with Crippen LogP contribution < -0.4 is 10.0 Å². The first kappa shape index (κ1) is 13.8. The normalized spacial score (nSPS) is 13.6. The number of para-hydroxylation sites is 1. The van der Waals surface area contributed by atoms with E-state index in [9.17, 15) is 17.2 Å². The number of anilines is 2. The van der Waals surface area contributed by atoms with Gasteiger partial charge in [0.1, 0.15) is 17.3 Å². The maximum Gasteiger partial charge on any atom is 0.262 e. The summed E-state index contributed by atoms with van der Waals surface area (Å²) in [4.78, 5) is -0.0207. The van der Waals surface area contributed by atoms with Crippen LogP contribution in [0.5, 0.6) is 0 Å². The molecule has 1 heterocycles. The highest BCUT2D eigenvalue weighted by atomic mass is 32.2. The van der Waals surface area contributed by atoms with E-state index >= 15 is 0 Å². The van der Waals surface area contributed by atoms with Gasteiger partial charge in [-0.2, -0.15) is 0 Å². The van der Waals surface area contributed by atoms with Crippen LogP contribution >= 0.6 is 0 Å². The van der Waals surface area contributed by atoms with E-state index in [4.69, 9.17) is 0 Å². The summed E-state index contributed by atoms with van der Waals surface area (Å²) < 4.78 is 53.5. The Labute approximate surface area is 120 Å². The zero-order valence-electron chi connectivity index (χ0n) is 10.9. The van der Waals surface area contributed by atoms with E-state index in [1.165, 1.54) is 18.2 Å². The van der Waals surface area contributed by atoms with Crippen molar-refractivity contribution in [2.75, 3.05) is 16.6 Å². The molecule has 0 aliphatic carbocycles. The van der Waals surface area contributed by atoms with Crippen molar-refractivity contribution in [2.24, 2.45) is 0 Å². The smallest absolute Gasteiger partial charge is 0.262 e. The topological polar surface area (TPSA) is 58.2 Å². The molecular weight excluding hydrogens is 298 g/mol. The summed E-state index contributed by atoms with van der Waals surface area (Å²) >= 11 is 0. The molecule has 110 valence electrons. The molecule has 1 aliphatic heterocycles. The van der Waals surface area contributed by atoms with Crippen molar-refractivity contribution in [3.05, 3.63) is 53.6 Å². The van der Waals surface area contributed by atoms with E-state index in [0.717, 1.165) is 29.9 Å². The second kappa shape index (κ2) is 5.00. The van der Waals surface area contributed by atoms with Gasteiger partial charge in [-0.3, -0.25) is 4.72 Å². The molecule has 4 nitrogen and oxygen atoms in total. The van der Waals surface area contributed by atoms with Gasteiger partial charge in [-0.15, -0.1) is 0 Å². The summed E-state index contributed by atoms with van der Waals surface area (Å²) in [7, 11) is -4.04. The maximum atomic E-state index is 13.5. The number of hydrogen-bond donors (Lipinski definition) is 2. The fourth-order valence-electron chi connectivity index (χ4n) is 2.24. The molecule has 0 atom stereocenters. The van der Waals surface area contributed by atoms with Gasteiger partial charge in [0.25, 0.3) is 10.0 Å². The minimum absolute atomic E-state index is 0.0207. The van der Waals surface area contributed by atoms with Gasteiger partial charge in [-0.05, 0) is 42.3 Å². The van der Waals surface area contributed by atoms with E-state index < -0.39 is 27.3 Å². The Balaban J connectivity index is 1.98.